The summed E-state index contributed by atoms with van der Waals surface area (Å²) in [5.74, 6) is 0.615. The molecule has 0 radical (unpaired) electrons. The van der Waals surface area contributed by atoms with Crippen molar-refractivity contribution in [2.75, 3.05) is 19.6 Å². The van der Waals surface area contributed by atoms with Crippen LogP contribution in [0.25, 0.3) is 0 Å². The van der Waals surface area contributed by atoms with E-state index in [0.29, 0.717) is 12.5 Å². The molecule has 1 amide bonds. The molecule has 0 spiro atoms. The zero-order chi connectivity index (χ0) is 10.8. The topological polar surface area (TPSA) is 46.3 Å². The van der Waals surface area contributed by atoms with Gasteiger partial charge in [-0.05, 0) is 40.9 Å². The fraction of sp³-hybridized carbons (Fsp3) is 0.500. The highest BCUT2D eigenvalue weighted by Crippen LogP contribution is 2.24. The highest BCUT2D eigenvalue weighted by molar-refractivity contribution is 9.11. The standard InChI is InChI=1S/C10H13BrN2OS/c11-9-3-8(6-15-9)10(14)13-2-1-7(4-12)5-13/h3,6-7H,1-2,4-5,12H2. The van der Waals surface area contributed by atoms with Crippen LogP contribution in [0.3, 0.4) is 0 Å². The number of hydrogen-bond donors (Lipinski definition) is 1. The van der Waals surface area contributed by atoms with E-state index in [2.05, 4.69) is 15.9 Å². The summed E-state index contributed by atoms with van der Waals surface area (Å²) in [6.07, 6.45) is 1.04. The second kappa shape index (κ2) is 4.63. The molecule has 1 saturated heterocycles. The summed E-state index contributed by atoms with van der Waals surface area (Å²) in [6, 6.07) is 1.88. The second-order valence-corrected chi connectivity index (χ2v) is 6.07. The van der Waals surface area contributed by atoms with Crippen molar-refractivity contribution >= 4 is 33.2 Å². The number of likely N-dealkylation sites (tertiary alicyclic amines) is 1. The van der Waals surface area contributed by atoms with Gasteiger partial charge >= 0.3 is 0 Å². The minimum absolute atomic E-state index is 0.132. The Kier molecular flexibility index (Phi) is 3.43. The van der Waals surface area contributed by atoms with E-state index >= 15 is 0 Å². The molecule has 1 atom stereocenters. The highest BCUT2D eigenvalue weighted by Gasteiger charge is 2.26. The Morgan fingerprint density at radius 3 is 3.07 bits per heavy atom. The van der Waals surface area contributed by atoms with Gasteiger partial charge in [-0.15, -0.1) is 11.3 Å². The van der Waals surface area contributed by atoms with Gasteiger partial charge in [-0.2, -0.15) is 0 Å². The van der Waals surface area contributed by atoms with Crippen LogP contribution in [0.15, 0.2) is 15.2 Å². The molecule has 1 aromatic heterocycles. The monoisotopic (exact) mass is 288 g/mol. The highest BCUT2D eigenvalue weighted by atomic mass is 79.9. The van der Waals surface area contributed by atoms with Crippen LogP contribution in [0.2, 0.25) is 0 Å². The van der Waals surface area contributed by atoms with E-state index in [-0.39, 0.29) is 5.91 Å². The number of hydrogen-bond acceptors (Lipinski definition) is 3. The first-order chi connectivity index (χ1) is 7.20. The molecule has 1 aromatic rings. The van der Waals surface area contributed by atoms with Crippen molar-refractivity contribution in [1.29, 1.82) is 0 Å². The van der Waals surface area contributed by atoms with Gasteiger partial charge in [0.05, 0.1) is 9.35 Å². The van der Waals surface area contributed by atoms with Crippen molar-refractivity contribution in [2.45, 2.75) is 6.42 Å². The summed E-state index contributed by atoms with van der Waals surface area (Å²) >= 11 is 4.90. The van der Waals surface area contributed by atoms with Crippen LogP contribution in [-0.2, 0) is 0 Å². The number of rotatable bonds is 2. The summed E-state index contributed by atoms with van der Waals surface area (Å²) in [7, 11) is 0. The number of amides is 1. The molecular formula is C10H13BrN2OS. The molecule has 0 bridgehead atoms. The Bertz CT molecular complexity index is 366. The summed E-state index contributed by atoms with van der Waals surface area (Å²) in [4.78, 5) is 13.9. The van der Waals surface area contributed by atoms with Gasteiger partial charge in [-0.25, -0.2) is 0 Å². The summed E-state index contributed by atoms with van der Waals surface area (Å²) in [5, 5.41) is 1.89. The van der Waals surface area contributed by atoms with Gasteiger partial charge < -0.3 is 10.6 Å². The van der Waals surface area contributed by atoms with Crippen LogP contribution >= 0.6 is 27.3 Å². The quantitative estimate of drug-likeness (QED) is 0.904. The lowest BCUT2D eigenvalue weighted by atomic mass is 10.1. The largest absolute Gasteiger partial charge is 0.338 e. The molecule has 1 fully saturated rings. The minimum atomic E-state index is 0.132. The van der Waals surface area contributed by atoms with E-state index < -0.39 is 0 Å². The molecule has 1 aliphatic rings. The van der Waals surface area contributed by atoms with Crippen molar-refractivity contribution in [3.63, 3.8) is 0 Å². The van der Waals surface area contributed by atoms with E-state index in [1.807, 2.05) is 16.3 Å². The van der Waals surface area contributed by atoms with E-state index in [4.69, 9.17) is 5.73 Å². The van der Waals surface area contributed by atoms with Gasteiger partial charge in [0.15, 0.2) is 0 Å². The lowest BCUT2D eigenvalue weighted by molar-refractivity contribution is 0.0788. The number of nitrogens with zero attached hydrogens (tertiary/aromatic N) is 1. The van der Waals surface area contributed by atoms with Crippen LogP contribution in [0.5, 0.6) is 0 Å². The first-order valence-electron chi connectivity index (χ1n) is 4.94. The third kappa shape index (κ3) is 2.41. The maximum absolute atomic E-state index is 12.0. The Balaban J connectivity index is 2.03. The van der Waals surface area contributed by atoms with Crippen molar-refractivity contribution in [3.8, 4) is 0 Å². The third-order valence-corrected chi connectivity index (χ3v) is 4.23. The minimum Gasteiger partial charge on any atom is -0.338 e. The summed E-state index contributed by atoms with van der Waals surface area (Å²) in [5.41, 5.74) is 6.38. The molecule has 2 N–H and O–H groups in total. The first kappa shape index (κ1) is 11.1. The van der Waals surface area contributed by atoms with Crippen LogP contribution < -0.4 is 5.73 Å². The molecule has 0 saturated carbocycles. The van der Waals surface area contributed by atoms with Crippen LogP contribution in [0.1, 0.15) is 16.8 Å². The lowest BCUT2D eigenvalue weighted by Gasteiger charge is -2.15. The molecule has 3 nitrogen and oxygen atoms in total. The zero-order valence-electron chi connectivity index (χ0n) is 8.28. The van der Waals surface area contributed by atoms with Crippen molar-refractivity contribution in [1.82, 2.24) is 4.90 Å². The van der Waals surface area contributed by atoms with E-state index in [1.165, 1.54) is 0 Å². The SMILES string of the molecule is NCC1CCN(C(=O)c2csc(Br)c2)C1. The normalized spacial score (nSPS) is 20.9. The summed E-state index contributed by atoms with van der Waals surface area (Å²) < 4.78 is 1.00. The molecule has 0 aromatic carbocycles. The van der Waals surface area contributed by atoms with Gasteiger partial charge in [-0.1, -0.05) is 0 Å². The maximum atomic E-state index is 12.0. The average molecular weight is 289 g/mol. The van der Waals surface area contributed by atoms with Crippen LogP contribution in [-0.4, -0.2) is 30.4 Å². The van der Waals surface area contributed by atoms with Gasteiger partial charge in [0.25, 0.3) is 5.91 Å². The number of thiophene rings is 1. The molecule has 5 heteroatoms. The molecule has 15 heavy (non-hydrogen) atoms. The van der Waals surface area contributed by atoms with Gasteiger partial charge in [-0.3, -0.25) is 4.79 Å². The third-order valence-electron chi connectivity index (χ3n) is 2.72. The molecule has 82 valence electrons. The second-order valence-electron chi connectivity index (χ2n) is 3.78. The predicted molar refractivity (Wildman–Crippen MR) is 65.1 cm³/mol. The fourth-order valence-corrected chi connectivity index (χ4v) is 2.94. The molecular weight excluding hydrogens is 276 g/mol. The molecule has 2 rings (SSSR count). The van der Waals surface area contributed by atoms with Gasteiger partial charge in [0.2, 0.25) is 0 Å². The number of nitrogens with two attached hydrogens (primary N) is 1. The van der Waals surface area contributed by atoms with E-state index in [0.717, 1.165) is 28.9 Å². The Labute approximate surface area is 101 Å². The lowest BCUT2D eigenvalue weighted by Crippen LogP contribution is -2.29. The van der Waals surface area contributed by atoms with Crippen LogP contribution in [0, 0.1) is 5.92 Å². The van der Waals surface area contributed by atoms with Crippen molar-refractivity contribution in [3.05, 3.63) is 20.8 Å². The molecule has 2 heterocycles. The smallest absolute Gasteiger partial charge is 0.254 e. The zero-order valence-corrected chi connectivity index (χ0v) is 10.7. The average Bonchev–Trinajstić information content (AvgIpc) is 2.84. The number of carbonyl (C=O) groups excluding carboxylic acids is 1. The van der Waals surface area contributed by atoms with Gasteiger partial charge in [0, 0.05) is 18.5 Å². The molecule has 1 unspecified atom stereocenters. The van der Waals surface area contributed by atoms with Crippen LogP contribution in [0.4, 0.5) is 0 Å². The Hall–Kier alpha value is -0.390. The fourth-order valence-electron chi connectivity index (χ4n) is 1.81. The maximum Gasteiger partial charge on any atom is 0.254 e. The van der Waals surface area contributed by atoms with Gasteiger partial charge in [0.1, 0.15) is 0 Å². The van der Waals surface area contributed by atoms with Crippen molar-refractivity contribution in [2.24, 2.45) is 11.7 Å². The van der Waals surface area contributed by atoms with Crippen molar-refractivity contribution < 1.29 is 4.79 Å². The van der Waals surface area contributed by atoms with E-state index in [1.54, 1.807) is 11.3 Å². The Morgan fingerprint density at radius 1 is 1.73 bits per heavy atom. The predicted octanol–water partition coefficient (Wildman–Crippen LogP) is 1.93. The first-order valence-corrected chi connectivity index (χ1v) is 6.61. The number of carbonyl (C=O) groups is 1. The number of halogens is 1. The van der Waals surface area contributed by atoms with E-state index in [9.17, 15) is 4.79 Å². The summed E-state index contributed by atoms with van der Waals surface area (Å²) in [6.45, 7) is 2.33. The molecule has 0 aliphatic carbocycles. The Morgan fingerprint density at radius 2 is 2.53 bits per heavy atom. The molecule has 1 aliphatic heterocycles.